The van der Waals surface area contributed by atoms with Gasteiger partial charge in [-0.3, -0.25) is 0 Å². The Morgan fingerprint density at radius 3 is 2.53 bits per heavy atom. The summed E-state index contributed by atoms with van der Waals surface area (Å²) < 4.78 is 0. The van der Waals surface area contributed by atoms with Gasteiger partial charge in [0, 0.05) is 6.04 Å². The molecule has 0 aliphatic heterocycles. The van der Waals surface area contributed by atoms with Crippen LogP contribution in [0.1, 0.15) is 65.7 Å². The van der Waals surface area contributed by atoms with E-state index in [2.05, 4.69) is 26.1 Å². The standard InChI is InChI=1S/C14H29N/c1-4-5-6-7-10-15-14-9-8-12(2)11-13(14)3/h12-15H,4-11H2,1-3H3. The Kier molecular flexibility index (Phi) is 6.31. The second-order valence-electron chi connectivity index (χ2n) is 5.52. The first-order chi connectivity index (χ1) is 7.24. The molecule has 1 aliphatic carbocycles. The van der Waals surface area contributed by atoms with Gasteiger partial charge >= 0.3 is 0 Å². The Bertz CT molecular complexity index is 155. The SMILES string of the molecule is CCCCCCNC1CCC(C)CC1C. The Labute approximate surface area is 96.0 Å². The van der Waals surface area contributed by atoms with Crippen molar-refractivity contribution in [2.75, 3.05) is 6.54 Å². The third-order valence-corrected chi connectivity index (χ3v) is 3.87. The fraction of sp³-hybridized carbons (Fsp3) is 1.00. The molecule has 1 saturated carbocycles. The minimum absolute atomic E-state index is 0.808. The van der Waals surface area contributed by atoms with Gasteiger partial charge in [0.25, 0.3) is 0 Å². The third kappa shape index (κ3) is 5.01. The molecule has 1 heteroatoms. The van der Waals surface area contributed by atoms with Crippen molar-refractivity contribution < 1.29 is 0 Å². The Morgan fingerprint density at radius 1 is 1.07 bits per heavy atom. The molecule has 90 valence electrons. The highest BCUT2D eigenvalue weighted by Gasteiger charge is 2.24. The molecule has 0 bridgehead atoms. The maximum atomic E-state index is 3.75. The van der Waals surface area contributed by atoms with Crippen molar-refractivity contribution in [2.24, 2.45) is 11.8 Å². The van der Waals surface area contributed by atoms with E-state index in [1.807, 2.05) is 0 Å². The highest BCUT2D eigenvalue weighted by Crippen LogP contribution is 2.28. The summed E-state index contributed by atoms with van der Waals surface area (Å²) in [5.41, 5.74) is 0. The molecule has 0 aromatic rings. The predicted molar refractivity (Wildman–Crippen MR) is 68.1 cm³/mol. The summed E-state index contributed by atoms with van der Waals surface area (Å²) in [6.07, 6.45) is 9.77. The number of unbranched alkanes of at least 4 members (excludes halogenated alkanes) is 3. The van der Waals surface area contributed by atoms with Gasteiger partial charge in [-0.05, 0) is 44.1 Å². The van der Waals surface area contributed by atoms with Crippen LogP contribution in [0.2, 0.25) is 0 Å². The molecule has 1 N–H and O–H groups in total. The van der Waals surface area contributed by atoms with E-state index in [-0.39, 0.29) is 0 Å². The second kappa shape index (κ2) is 7.27. The van der Waals surface area contributed by atoms with Crippen LogP contribution in [0.4, 0.5) is 0 Å². The maximum absolute atomic E-state index is 3.75. The van der Waals surface area contributed by atoms with E-state index < -0.39 is 0 Å². The summed E-state index contributed by atoms with van der Waals surface area (Å²) in [5.74, 6) is 1.85. The summed E-state index contributed by atoms with van der Waals surface area (Å²) in [4.78, 5) is 0. The van der Waals surface area contributed by atoms with Crippen LogP contribution in [0.15, 0.2) is 0 Å². The molecule has 1 fully saturated rings. The zero-order chi connectivity index (χ0) is 11.1. The van der Waals surface area contributed by atoms with Gasteiger partial charge in [-0.25, -0.2) is 0 Å². The second-order valence-corrected chi connectivity index (χ2v) is 5.52. The molecule has 15 heavy (non-hydrogen) atoms. The fourth-order valence-electron chi connectivity index (χ4n) is 2.81. The van der Waals surface area contributed by atoms with Crippen LogP contribution in [-0.2, 0) is 0 Å². The molecular formula is C14H29N. The lowest BCUT2D eigenvalue weighted by Gasteiger charge is -2.33. The van der Waals surface area contributed by atoms with Crippen molar-refractivity contribution in [3.05, 3.63) is 0 Å². The smallest absolute Gasteiger partial charge is 0.00928 e. The average molecular weight is 211 g/mol. The predicted octanol–water partition coefficient (Wildman–Crippen LogP) is 3.98. The van der Waals surface area contributed by atoms with Gasteiger partial charge in [0.2, 0.25) is 0 Å². The summed E-state index contributed by atoms with van der Waals surface area (Å²) in [7, 11) is 0. The number of hydrogen-bond donors (Lipinski definition) is 1. The van der Waals surface area contributed by atoms with Crippen LogP contribution in [0, 0.1) is 11.8 Å². The topological polar surface area (TPSA) is 12.0 Å². The summed E-state index contributed by atoms with van der Waals surface area (Å²) in [5, 5.41) is 3.75. The largest absolute Gasteiger partial charge is 0.314 e. The normalized spacial score (nSPS) is 31.8. The van der Waals surface area contributed by atoms with Gasteiger partial charge in [0.15, 0.2) is 0 Å². The first-order valence-electron chi connectivity index (χ1n) is 6.97. The third-order valence-electron chi connectivity index (χ3n) is 3.87. The summed E-state index contributed by atoms with van der Waals surface area (Å²) in [6, 6.07) is 0.808. The Balaban J connectivity index is 2.05. The van der Waals surface area contributed by atoms with Gasteiger partial charge in [-0.2, -0.15) is 0 Å². The highest BCUT2D eigenvalue weighted by atomic mass is 14.9. The lowest BCUT2D eigenvalue weighted by molar-refractivity contribution is 0.228. The molecule has 1 nitrogen and oxygen atoms in total. The molecule has 0 amide bonds. The molecular weight excluding hydrogens is 182 g/mol. The van der Waals surface area contributed by atoms with Gasteiger partial charge < -0.3 is 5.32 Å². The van der Waals surface area contributed by atoms with Crippen molar-refractivity contribution in [1.29, 1.82) is 0 Å². The van der Waals surface area contributed by atoms with Gasteiger partial charge in [0.1, 0.15) is 0 Å². The van der Waals surface area contributed by atoms with E-state index in [1.165, 1.54) is 51.5 Å². The van der Waals surface area contributed by atoms with Gasteiger partial charge in [0.05, 0.1) is 0 Å². The first kappa shape index (κ1) is 13.0. The van der Waals surface area contributed by atoms with Crippen molar-refractivity contribution in [1.82, 2.24) is 5.32 Å². The van der Waals surface area contributed by atoms with Crippen molar-refractivity contribution in [2.45, 2.75) is 71.8 Å². The first-order valence-corrected chi connectivity index (χ1v) is 6.97. The molecule has 0 heterocycles. The molecule has 0 aromatic heterocycles. The molecule has 1 rings (SSSR count). The maximum Gasteiger partial charge on any atom is 0.00928 e. The molecule has 0 spiro atoms. The Hall–Kier alpha value is -0.0400. The van der Waals surface area contributed by atoms with Crippen molar-refractivity contribution in [3.8, 4) is 0 Å². The van der Waals surface area contributed by atoms with E-state index in [4.69, 9.17) is 0 Å². The van der Waals surface area contributed by atoms with Crippen molar-refractivity contribution >= 4 is 0 Å². The van der Waals surface area contributed by atoms with Gasteiger partial charge in [-0.1, -0.05) is 40.0 Å². The molecule has 0 radical (unpaired) electrons. The van der Waals surface area contributed by atoms with Crippen LogP contribution in [0.3, 0.4) is 0 Å². The monoisotopic (exact) mass is 211 g/mol. The molecule has 3 atom stereocenters. The lowest BCUT2D eigenvalue weighted by atomic mass is 9.80. The van der Waals surface area contributed by atoms with E-state index in [9.17, 15) is 0 Å². The van der Waals surface area contributed by atoms with Crippen LogP contribution in [-0.4, -0.2) is 12.6 Å². The molecule has 1 aliphatic rings. The summed E-state index contributed by atoms with van der Waals surface area (Å²) >= 11 is 0. The van der Waals surface area contributed by atoms with Crippen LogP contribution in [0.25, 0.3) is 0 Å². The lowest BCUT2D eigenvalue weighted by Crippen LogP contribution is -2.39. The molecule has 0 saturated heterocycles. The zero-order valence-corrected chi connectivity index (χ0v) is 10.9. The van der Waals surface area contributed by atoms with Gasteiger partial charge in [-0.15, -0.1) is 0 Å². The van der Waals surface area contributed by atoms with E-state index in [1.54, 1.807) is 0 Å². The average Bonchev–Trinajstić information content (AvgIpc) is 2.20. The fourth-order valence-corrected chi connectivity index (χ4v) is 2.81. The number of rotatable bonds is 6. The number of hydrogen-bond acceptors (Lipinski definition) is 1. The van der Waals surface area contributed by atoms with Crippen LogP contribution in [0.5, 0.6) is 0 Å². The highest BCUT2D eigenvalue weighted by molar-refractivity contribution is 4.80. The van der Waals surface area contributed by atoms with Crippen molar-refractivity contribution in [3.63, 3.8) is 0 Å². The van der Waals surface area contributed by atoms with Crippen LogP contribution >= 0.6 is 0 Å². The quantitative estimate of drug-likeness (QED) is 0.655. The minimum Gasteiger partial charge on any atom is -0.314 e. The van der Waals surface area contributed by atoms with Crippen LogP contribution < -0.4 is 5.32 Å². The summed E-state index contributed by atoms with van der Waals surface area (Å²) in [6.45, 7) is 8.33. The van der Waals surface area contributed by atoms with E-state index in [0.717, 1.165) is 17.9 Å². The number of nitrogens with one attached hydrogen (secondary N) is 1. The van der Waals surface area contributed by atoms with E-state index >= 15 is 0 Å². The molecule has 0 aromatic carbocycles. The zero-order valence-electron chi connectivity index (χ0n) is 10.9. The molecule has 3 unspecified atom stereocenters. The Morgan fingerprint density at radius 2 is 1.87 bits per heavy atom. The minimum atomic E-state index is 0.808. The van der Waals surface area contributed by atoms with E-state index in [0.29, 0.717) is 0 Å².